The summed E-state index contributed by atoms with van der Waals surface area (Å²) in [6.45, 7) is 11.2. The third-order valence-electron chi connectivity index (χ3n) is 5.01. The number of nitrogens with zero attached hydrogens (tertiary/aromatic N) is 2. The summed E-state index contributed by atoms with van der Waals surface area (Å²) in [6.07, 6.45) is 0. The van der Waals surface area contributed by atoms with E-state index in [0.29, 0.717) is 3.57 Å². The molecule has 0 saturated heterocycles. The number of ether oxygens (including phenoxy) is 3. The van der Waals surface area contributed by atoms with Crippen molar-refractivity contribution in [2.45, 2.75) is 57.1 Å². The molecule has 0 aliphatic carbocycles. The first-order chi connectivity index (χ1) is 16.2. The fourth-order valence-corrected chi connectivity index (χ4v) is 5.99. The van der Waals surface area contributed by atoms with Crippen LogP contribution in [0.4, 0.5) is 0 Å². The van der Waals surface area contributed by atoms with Gasteiger partial charge in [-0.15, -0.1) is 5.10 Å². The van der Waals surface area contributed by atoms with Crippen molar-refractivity contribution in [2.75, 3.05) is 19.8 Å². The van der Waals surface area contributed by atoms with Crippen molar-refractivity contribution in [1.29, 1.82) is 0 Å². The lowest BCUT2D eigenvalue weighted by Gasteiger charge is -2.21. The minimum absolute atomic E-state index is 0.00586. The lowest BCUT2D eigenvalue weighted by molar-refractivity contribution is -0.144. The number of sulfone groups is 1. The molecule has 0 aliphatic heterocycles. The van der Waals surface area contributed by atoms with Gasteiger partial charge in [-0.3, -0.25) is 14.3 Å². The Kier molecular flexibility index (Phi) is 9.74. The van der Waals surface area contributed by atoms with Crippen LogP contribution in [0.5, 0.6) is 5.88 Å². The van der Waals surface area contributed by atoms with Crippen molar-refractivity contribution in [1.82, 2.24) is 9.78 Å². The highest BCUT2D eigenvalue weighted by Crippen LogP contribution is 2.37. The Hall–Kier alpha value is -2.15. The van der Waals surface area contributed by atoms with Crippen LogP contribution in [-0.4, -0.2) is 50.0 Å². The second-order valence-corrected chi connectivity index (χ2v) is 12.7. The van der Waals surface area contributed by atoms with Crippen LogP contribution >= 0.6 is 22.6 Å². The molecule has 35 heavy (non-hydrogen) atoms. The molecule has 2 rings (SSSR count). The van der Waals surface area contributed by atoms with Crippen LogP contribution in [-0.2, 0) is 41.4 Å². The average molecular weight is 621 g/mol. The zero-order valence-electron chi connectivity index (χ0n) is 21.1. The summed E-state index contributed by atoms with van der Waals surface area (Å²) in [5, 5.41) is 2.61. The summed E-state index contributed by atoms with van der Waals surface area (Å²) in [5.41, 5.74) is 0.948. The first-order valence-corrected chi connectivity index (χ1v) is 13.8. The summed E-state index contributed by atoms with van der Waals surface area (Å²) < 4.78 is 45.1. The smallest absolute Gasteiger partial charge is 0.331 e. The molecule has 0 bridgehead atoms. The molecule has 1 heterocycles. The molecule has 0 aliphatic rings. The lowest BCUT2D eigenvalue weighted by atomic mass is 9.87. The molecule has 0 radical (unpaired) electrons. The number of carbonyl (C=O) groups excluding carboxylic acids is 2. The third kappa shape index (κ3) is 7.42. The Morgan fingerprint density at radius 1 is 1.09 bits per heavy atom. The van der Waals surface area contributed by atoms with Gasteiger partial charge < -0.3 is 14.2 Å². The minimum Gasteiger partial charge on any atom is -0.472 e. The van der Waals surface area contributed by atoms with Gasteiger partial charge in [0.1, 0.15) is 13.2 Å². The van der Waals surface area contributed by atoms with Gasteiger partial charge in [0.2, 0.25) is 11.1 Å². The van der Waals surface area contributed by atoms with Crippen LogP contribution < -0.4 is 4.74 Å². The van der Waals surface area contributed by atoms with Gasteiger partial charge in [0, 0.05) is 14.0 Å². The summed E-state index contributed by atoms with van der Waals surface area (Å²) >= 11 is 1.90. The molecule has 0 spiro atoms. The maximum atomic E-state index is 13.8. The van der Waals surface area contributed by atoms with Gasteiger partial charge in [-0.05, 0) is 51.6 Å². The van der Waals surface area contributed by atoms with E-state index in [9.17, 15) is 18.0 Å². The van der Waals surface area contributed by atoms with Crippen LogP contribution in [0.25, 0.3) is 0 Å². The Bertz CT molecular complexity index is 1150. The molecule has 0 N–H and O–H groups in total. The van der Waals surface area contributed by atoms with Crippen LogP contribution in [0.2, 0.25) is 0 Å². The molecule has 1 aromatic heterocycles. The number of esters is 2. The molecule has 1 atom stereocenters. The Morgan fingerprint density at radius 2 is 1.69 bits per heavy atom. The number of rotatable bonds is 10. The zero-order chi connectivity index (χ0) is 26.6. The zero-order valence-corrected chi connectivity index (χ0v) is 24.1. The topological polar surface area (TPSA) is 114 Å². The number of carbonyl (C=O) groups is 2. The number of benzene rings is 1. The maximum Gasteiger partial charge on any atom is 0.331 e. The standard InChI is InChI=1S/C24H33IN2O7S/c1-15(2)14-34-23(29)21(35(30,31)18-10-8-17(9-11-18)24(4,5)6)20-19(25)22(26-27(20)7)33-13-12-32-16(3)28/h8-11,15,21H,12-14H2,1-7H3. The predicted octanol–water partition coefficient (Wildman–Crippen LogP) is 3.98. The van der Waals surface area contributed by atoms with E-state index in [-0.39, 0.29) is 47.6 Å². The van der Waals surface area contributed by atoms with E-state index >= 15 is 0 Å². The summed E-state index contributed by atoms with van der Waals surface area (Å²) in [6, 6.07) is 6.53. The average Bonchev–Trinajstić information content (AvgIpc) is 3.02. The van der Waals surface area contributed by atoms with Gasteiger partial charge in [0.05, 0.1) is 20.8 Å². The van der Waals surface area contributed by atoms with Gasteiger partial charge in [-0.1, -0.05) is 46.8 Å². The minimum atomic E-state index is -4.20. The molecule has 0 amide bonds. The highest BCUT2D eigenvalue weighted by atomic mass is 127. The molecule has 11 heteroatoms. The fraction of sp³-hybridized carbons (Fsp3) is 0.542. The predicted molar refractivity (Wildman–Crippen MR) is 139 cm³/mol. The van der Waals surface area contributed by atoms with Crippen LogP contribution in [0.1, 0.15) is 58.0 Å². The molecule has 1 unspecified atom stereocenters. The first-order valence-electron chi connectivity index (χ1n) is 11.2. The summed E-state index contributed by atoms with van der Waals surface area (Å²) in [4.78, 5) is 24.2. The summed E-state index contributed by atoms with van der Waals surface area (Å²) in [7, 11) is -2.66. The van der Waals surface area contributed by atoms with Gasteiger partial charge in [-0.25, -0.2) is 8.42 Å². The van der Waals surface area contributed by atoms with Gasteiger partial charge >= 0.3 is 11.9 Å². The molecule has 9 nitrogen and oxygen atoms in total. The largest absolute Gasteiger partial charge is 0.472 e. The Balaban J connectivity index is 2.50. The highest BCUT2D eigenvalue weighted by molar-refractivity contribution is 14.1. The SMILES string of the molecule is CC(=O)OCCOc1nn(C)c(C(C(=O)OCC(C)C)S(=O)(=O)c2ccc(C(C)(C)C)cc2)c1I. The van der Waals surface area contributed by atoms with E-state index < -0.39 is 27.0 Å². The number of aryl methyl sites for hydroxylation is 1. The molecule has 194 valence electrons. The third-order valence-corrected chi connectivity index (χ3v) is 7.99. The summed E-state index contributed by atoms with van der Waals surface area (Å²) in [5.74, 6) is -1.16. The second kappa shape index (κ2) is 11.7. The quantitative estimate of drug-likeness (QED) is 0.223. The molecule has 1 aromatic carbocycles. The van der Waals surface area contributed by atoms with Crippen molar-refractivity contribution in [3.05, 3.63) is 39.1 Å². The van der Waals surface area contributed by atoms with E-state index in [0.717, 1.165) is 5.56 Å². The van der Waals surface area contributed by atoms with E-state index in [4.69, 9.17) is 14.2 Å². The maximum absolute atomic E-state index is 13.8. The molecular weight excluding hydrogens is 587 g/mol. The highest BCUT2D eigenvalue weighted by Gasteiger charge is 2.42. The van der Waals surface area contributed by atoms with E-state index in [1.807, 2.05) is 57.2 Å². The Morgan fingerprint density at radius 3 is 2.20 bits per heavy atom. The van der Waals surface area contributed by atoms with Crippen molar-refractivity contribution >= 4 is 44.4 Å². The second-order valence-electron chi connectivity index (χ2n) is 9.54. The number of hydrogen-bond acceptors (Lipinski definition) is 8. The van der Waals surface area contributed by atoms with Crippen LogP contribution in [0.3, 0.4) is 0 Å². The number of hydrogen-bond donors (Lipinski definition) is 0. The number of halogens is 1. The van der Waals surface area contributed by atoms with Gasteiger partial charge in [-0.2, -0.15) is 0 Å². The van der Waals surface area contributed by atoms with Crippen molar-refractivity contribution in [3.8, 4) is 5.88 Å². The fourth-order valence-electron chi connectivity index (χ4n) is 3.18. The normalized spacial score (nSPS) is 12.9. The molecule has 0 fully saturated rings. The molecule has 2 aromatic rings. The monoisotopic (exact) mass is 620 g/mol. The van der Waals surface area contributed by atoms with E-state index in [1.165, 1.54) is 30.8 Å². The number of aromatic nitrogens is 2. The molecular formula is C24H33IN2O7S. The van der Waals surface area contributed by atoms with Gasteiger partial charge in [0.25, 0.3) is 0 Å². The molecule has 0 saturated carbocycles. The van der Waals surface area contributed by atoms with Crippen LogP contribution in [0.15, 0.2) is 29.2 Å². The first kappa shape index (κ1) is 29.1. The van der Waals surface area contributed by atoms with Crippen LogP contribution in [0, 0.1) is 9.49 Å². The van der Waals surface area contributed by atoms with Crippen molar-refractivity contribution in [2.24, 2.45) is 13.0 Å². The van der Waals surface area contributed by atoms with Gasteiger partial charge in [0.15, 0.2) is 9.84 Å². The van der Waals surface area contributed by atoms with Crippen molar-refractivity contribution < 1.29 is 32.2 Å². The van der Waals surface area contributed by atoms with E-state index in [2.05, 4.69) is 5.10 Å². The van der Waals surface area contributed by atoms with Crippen molar-refractivity contribution in [3.63, 3.8) is 0 Å². The lowest BCUT2D eigenvalue weighted by Crippen LogP contribution is -2.28. The Labute approximate surface area is 220 Å². The van der Waals surface area contributed by atoms with E-state index in [1.54, 1.807) is 12.1 Å².